The molecule has 2 fully saturated rings. The number of hydrogen-bond donors (Lipinski definition) is 1. The van der Waals surface area contributed by atoms with Crippen molar-refractivity contribution in [2.75, 3.05) is 6.54 Å². The fourth-order valence-corrected chi connectivity index (χ4v) is 3.69. The van der Waals surface area contributed by atoms with E-state index in [1.54, 1.807) is 0 Å². The first-order valence-electron chi connectivity index (χ1n) is 7.43. The van der Waals surface area contributed by atoms with Crippen LogP contribution in [-0.4, -0.2) is 24.3 Å². The minimum absolute atomic E-state index is 0.290. The Morgan fingerprint density at radius 1 is 1.06 bits per heavy atom. The Bertz CT molecular complexity index is 273. The Morgan fingerprint density at radius 2 is 1.82 bits per heavy atom. The first-order valence-corrected chi connectivity index (χ1v) is 7.43. The number of hydrogen-bond acceptors (Lipinski definition) is 2. The number of rotatable bonds is 3. The van der Waals surface area contributed by atoms with Gasteiger partial charge in [0.05, 0.1) is 11.7 Å². The predicted octanol–water partition coefficient (Wildman–Crippen LogP) is 3.18. The SMILES string of the molecule is C1=CCC(NCC2CCC3(CCCCC3)O2)C1. The average molecular weight is 235 g/mol. The largest absolute Gasteiger partial charge is 0.370 e. The minimum Gasteiger partial charge on any atom is -0.370 e. The Labute approximate surface area is 105 Å². The molecular formula is C15H25NO. The lowest BCUT2D eigenvalue weighted by Gasteiger charge is -2.33. The maximum absolute atomic E-state index is 6.37. The van der Waals surface area contributed by atoms with Crippen LogP contribution in [0.4, 0.5) is 0 Å². The van der Waals surface area contributed by atoms with Gasteiger partial charge in [-0.1, -0.05) is 31.4 Å². The van der Waals surface area contributed by atoms with Crippen molar-refractivity contribution in [1.29, 1.82) is 0 Å². The topological polar surface area (TPSA) is 21.3 Å². The van der Waals surface area contributed by atoms with Crippen LogP contribution in [0.3, 0.4) is 0 Å². The van der Waals surface area contributed by atoms with Gasteiger partial charge in [-0.05, 0) is 38.5 Å². The highest BCUT2D eigenvalue weighted by atomic mass is 16.5. The van der Waals surface area contributed by atoms with Gasteiger partial charge in [-0.2, -0.15) is 0 Å². The van der Waals surface area contributed by atoms with Crippen LogP contribution < -0.4 is 5.32 Å². The van der Waals surface area contributed by atoms with Crippen molar-refractivity contribution in [3.8, 4) is 0 Å². The summed E-state index contributed by atoms with van der Waals surface area (Å²) in [6.07, 6.45) is 16.9. The van der Waals surface area contributed by atoms with Crippen LogP contribution >= 0.6 is 0 Å². The lowest BCUT2D eigenvalue weighted by atomic mass is 9.83. The van der Waals surface area contributed by atoms with Crippen molar-refractivity contribution >= 4 is 0 Å². The zero-order valence-corrected chi connectivity index (χ0v) is 10.8. The van der Waals surface area contributed by atoms with Crippen LogP contribution in [0.15, 0.2) is 12.2 Å². The van der Waals surface area contributed by atoms with Crippen molar-refractivity contribution in [3.63, 3.8) is 0 Å². The van der Waals surface area contributed by atoms with Gasteiger partial charge in [0.15, 0.2) is 0 Å². The van der Waals surface area contributed by atoms with Crippen molar-refractivity contribution in [3.05, 3.63) is 12.2 Å². The summed E-state index contributed by atoms with van der Waals surface area (Å²) in [5.74, 6) is 0. The monoisotopic (exact) mass is 235 g/mol. The zero-order valence-electron chi connectivity index (χ0n) is 10.8. The van der Waals surface area contributed by atoms with Crippen molar-refractivity contribution in [1.82, 2.24) is 5.32 Å². The number of nitrogens with one attached hydrogen (secondary N) is 1. The maximum Gasteiger partial charge on any atom is 0.0708 e. The predicted molar refractivity (Wildman–Crippen MR) is 70.1 cm³/mol. The van der Waals surface area contributed by atoms with Crippen molar-refractivity contribution in [2.45, 2.75) is 75.5 Å². The third kappa shape index (κ3) is 2.74. The zero-order chi connectivity index (χ0) is 11.6. The van der Waals surface area contributed by atoms with E-state index in [-0.39, 0.29) is 0 Å². The molecule has 1 aliphatic heterocycles. The van der Waals surface area contributed by atoms with Crippen LogP contribution in [0.1, 0.15) is 57.8 Å². The molecule has 0 aromatic carbocycles. The smallest absolute Gasteiger partial charge is 0.0708 e. The molecule has 1 unspecified atom stereocenters. The van der Waals surface area contributed by atoms with Crippen LogP contribution in [0, 0.1) is 0 Å². The van der Waals surface area contributed by atoms with Crippen LogP contribution in [0.5, 0.6) is 0 Å². The molecule has 17 heavy (non-hydrogen) atoms. The molecule has 1 saturated heterocycles. The molecule has 0 aromatic heterocycles. The van der Waals surface area contributed by atoms with Crippen LogP contribution in [0.25, 0.3) is 0 Å². The third-order valence-electron chi connectivity index (χ3n) is 4.75. The van der Waals surface area contributed by atoms with E-state index in [1.165, 1.54) is 57.8 Å². The summed E-state index contributed by atoms with van der Waals surface area (Å²) in [4.78, 5) is 0. The minimum atomic E-state index is 0.290. The van der Waals surface area contributed by atoms with Crippen LogP contribution in [0.2, 0.25) is 0 Å². The van der Waals surface area contributed by atoms with E-state index < -0.39 is 0 Å². The van der Waals surface area contributed by atoms with E-state index in [9.17, 15) is 0 Å². The molecule has 3 aliphatic rings. The van der Waals surface area contributed by atoms with E-state index >= 15 is 0 Å². The van der Waals surface area contributed by atoms with Gasteiger partial charge < -0.3 is 10.1 Å². The molecule has 0 bridgehead atoms. The van der Waals surface area contributed by atoms with Gasteiger partial charge in [-0.15, -0.1) is 0 Å². The normalized spacial score (nSPS) is 32.6. The van der Waals surface area contributed by atoms with Crippen molar-refractivity contribution < 1.29 is 4.74 Å². The average Bonchev–Trinajstić information content (AvgIpc) is 2.98. The molecule has 1 heterocycles. The first-order chi connectivity index (χ1) is 8.36. The molecule has 1 N–H and O–H groups in total. The van der Waals surface area contributed by atoms with E-state index in [1.807, 2.05) is 0 Å². The first kappa shape index (κ1) is 11.7. The van der Waals surface area contributed by atoms with Gasteiger partial charge in [0, 0.05) is 12.6 Å². The Morgan fingerprint density at radius 3 is 2.59 bits per heavy atom. The molecular weight excluding hydrogens is 210 g/mol. The standard InChI is InChI=1S/C15H25NO/c1-4-9-15(10-5-1)11-8-14(17-15)12-16-13-6-2-3-7-13/h2-3,13-14,16H,1,4-12H2. The Balaban J connectivity index is 1.43. The van der Waals surface area contributed by atoms with E-state index in [2.05, 4.69) is 17.5 Å². The van der Waals surface area contributed by atoms with Gasteiger partial charge in [-0.25, -0.2) is 0 Å². The molecule has 0 amide bonds. The molecule has 96 valence electrons. The summed E-state index contributed by atoms with van der Waals surface area (Å²) in [6, 6.07) is 0.682. The molecule has 2 aliphatic carbocycles. The fourth-order valence-electron chi connectivity index (χ4n) is 3.69. The summed E-state index contributed by atoms with van der Waals surface area (Å²) in [6.45, 7) is 1.06. The number of ether oxygens (including phenoxy) is 1. The summed E-state index contributed by atoms with van der Waals surface area (Å²) >= 11 is 0. The Hall–Kier alpha value is -0.340. The Kier molecular flexibility index (Phi) is 3.53. The van der Waals surface area contributed by atoms with E-state index in [0.717, 1.165) is 6.54 Å². The molecule has 1 spiro atoms. The molecule has 1 saturated carbocycles. The second-order valence-electron chi connectivity index (χ2n) is 6.07. The highest BCUT2D eigenvalue weighted by Gasteiger charge is 2.40. The van der Waals surface area contributed by atoms with E-state index in [0.29, 0.717) is 17.7 Å². The van der Waals surface area contributed by atoms with Gasteiger partial charge in [0.2, 0.25) is 0 Å². The molecule has 2 heteroatoms. The van der Waals surface area contributed by atoms with Crippen LogP contribution in [-0.2, 0) is 4.74 Å². The summed E-state index contributed by atoms with van der Waals surface area (Å²) in [5.41, 5.74) is 0.290. The van der Waals surface area contributed by atoms with Gasteiger partial charge in [-0.3, -0.25) is 0 Å². The quantitative estimate of drug-likeness (QED) is 0.759. The molecule has 1 atom stereocenters. The summed E-state index contributed by atoms with van der Waals surface area (Å²) < 4.78 is 6.37. The van der Waals surface area contributed by atoms with Crippen molar-refractivity contribution in [2.24, 2.45) is 0 Å². The lowest BCUT2D eigenvalue weighted by molar-refractivity contribution is -0.0628. The fraction of sp³-hybridized carbons (Fsp3) is 0.867. The second kappa shape index (κ2) is 5.11. The molecule has 2 nitrogen and oxygen atoms in total. The van der Waals surface area contributed by atoms with Gasteiger partial charge >= 0.3 is 0 Å². The van der Waals surface area contributed by atoms with Gasteiger partial charge in [0.25, 0.3) is 0 Å². The third-order valence-corrected chi connectivity index (χ3v) is 4.75. The molecule has 0 radical (unpaired) electrons. The molecule has 0 aromatic rings. The summed E-state index contributed by atoms with van der Waals surface area (Å²) in [7, 11) is 0. The second-order valence-corrected chi connectivity index (χ2v) is 6.07. The van der Waals surface area contributed by atoms with E-state index in [4.69, 9.17) is 4.74 Å². The maximum atomic E-state index is 6.37. The highest BCUT2D eigenvalue weighted by Crippen LogP contribution is 2.41. The summed E-state index contributed by atoms with van der Waals surface area (Å²) in [5, 5.41) is 3.66. The molecule has 3 rings (SSSR count). The highest BCUT2D eigenvalue weighted by molar-refractivity contribution is 4.98. The lowest BCUT2D eigenvalue weighted by Crippen LogP contribution is -2.37. The van der Waals surface area contributed by atoms with Gasteiger partial charge in [0.1, 0.15) is 0 Å².